The highest BCUT2D eigenvalue weighted by atomic mass is 32.2. The van der Waals surface area contributed by atoms with Crippen molar-refractivity contribution in [1.29, 1.82) is 0 Å². The molecule has 0 bridgehead atoms. The van der Waals surface area contributed by atoms with E-state index in [2.05, 4.69) is 5.32 Å². The van der Waals surface area contributed by atoms with E-state index < -0.39 is 4.75 Å². The van der Waals surface area contributed by atoms with Gasteiger partial charge in [0, 0.05) is 17.6 Å². The maximum absolute atomic E-state index is 12.9. The number of nitrogens with one attached hydrogen (secondary N) is 1. The largest absolute Gasteiger partial charge is 0.324 e. The van der Waals surface area contributed by atoms with Crippen LogP contribution in [0.5, 0.6) is 0 Å². The Kier molecular flexibility index (Phi) is 4.13. The van der Waals surface area contributed by atoms with Gasteiger partial charge >= 0.3 is 0 Å². The van der Waals surface area contributed by atoms with Crippen LogP contribution < -0.4 is 10.2 Å². The van der Waals surface area contributed by atoms with E-state index in [1.54, 1.807) is 18.9 Å². The lowest BCUT2D eigenvalue weighted by Crippen LogP contribution is -2.53. The van der Waals surface area contributed by atoms with Gasteiger partial charge in [-0.2, -0.15) is 0 Å². The molecular weight excluding hydrogens is 320 g/mol. The third-order valence-electron chi connectivity index (χ3n) is 4.54. The van der Waals surface area contributed by atoms with Crippen LogP contribution in [0.1, 0.15) is 18.1 Å². The Balaban J connectivity index is 1.94. The van der Waals surface area contributed by atoms with E-state index in [1.807, 2.05) is 56.3 Å². The van der Waals surface area contributed by atoms with E-state index in [1.165, 1.54) is 11.8 Å². The molecule has 4 nitrogen and oxygen atoms in total. The number of anilines is 2. The Labute approximate surface area is 146 Å². The zero-order valence-corrected chi connectivity index (χ0v) is 15.0. The topological polar surface area (TPSA) is 49.4 Å². The molecule has 0 radical (unpaired) electrons. The molecule has 124 valence electrons. The number of fused-ring (bicyclic) bond motifs is 1. The molecule has 24 heavy (non-hydrogen) atoms. The van der Waals surface area contributed by atoms with E-state index in [-0.39, 0.29) is 11.8 Å². The number of rotatable bonds is 2. The van der Waals surface area contributed by atoms with Gasteiger partial charge in [-0.05, 0) is 50.1 Å². The van der Waals surface area contributed by atoms with Gasteiger partial charge in [-0.3, -0.25) is 9.59 Å². The Bertz CT molecular complexity index is 834. The van der Waals surface area contributed by atoms with Gasteiger partial charge in [-0.25, -0.2) is 0 Å². The van der Waals surface area contributed by atoms with Gasteiger partial charge in [-0.1, -0.05) is 36.0 Å². The Morgan fingerprint density at radius 1 is 1.12 bits per heavy atom. The van der Waals surface area contributed by atoms with Gasteiger partial charge in [0.25, 0.3) is 5.91 Å². The molecule has 0 spiro atoms. The zero-order valence-electron chi connectivity index (χ0n) is 14.2. The van der Waals surface area contributed by atoms with Crippen LogP contribution in [0.4, 0.5) is 11.4 Å². The first-order valence-corrected chi connectivity index (χ1v) is 8.60. The van der Waals surface area contributed by atoms with Crippen molar-refractivity contribution in [2.45, 2.75) is 30.4 Å². The molecule has 1 atom stereocenters. The standard InChI is InChI=1S/C19H20N2O2S/c1-12-8-7-9-14(13(12)2)20-17(22)19(3)18(23)21(4)15-10-5-6-11-16(15)24-19/h5-11H,1-4H3,(H,20,22). The van der Waals surface area contributed by atoms with Gasteiger partial charge < -0.3 is 10.2 Å². The Hall–Kier alpha value is -2.27. The van der Waals surface area contributed by atoms with Crippen LogP contribution in [0.15, 0.2) is 47.4 Å². The maximum atomic E-state index is 12.9. The summed E-state index contributed by atoms with van der Waals surface area (Å²) in [6.45, 7) is 5.65. The molecule has 1 aliphatic heterocycles. The molecule has 5 heteroatoms. The first-order chi connectivity index (χ1) is 11.3. The average molecular weight is 340 g/mol. The second-order valence-corrected chi connectivity index (χ2v) is 7.63. The summed E-state index contributed by atoms with van der Waals surface area (Å²) in [7, 11) is 1.71. The van der Waals surface area contributed by atoms with Crippen molar-refractivity contribution in [3.05, 3.63) is 53.6 Å². The molecule has 3 rings (SSSR count). The molecule has 2 aromatic carbocycles. The van der Waals surface area contributed by atoms with Crippen LogP contribution in [-0.4, -0.2) is 23.6 Å². The number of nitrogens with zero attached hydrogens (tertiary/aromatic N) is 1. The van der Waals surface area contributed by atoms with Crippen LogP contribution in [0.2, 0.25) is 0 Å². The number of amides is 2. The van der Waals surface area contributed by atoms with E-state index in [0.29, 0.717) is 0 Å². The highest BCUT2D eigenvalue weighted by molar-refractivity contribution is 8.02. The summed E-state index contributed by atoms with van der Waals surface area (Å²) in [6, 6.07) is 13.4. The summed E-state index contributed by atoms with van der Waals surface area (Å²) >= 11 is 1.31. The lowest BCUT2D eigenvalue weighted by molar-refractivity contribution is -0.128. The molecule has 2 amide bonds. The Morgan fingerprint density at radius 2 is 1.83 bits per heavy atom. The molecule has 0 aromatic heterocycles. The van der Waals surface area contributed by atoms with E-state index >= 15 is 0 Å². The summed E-state index contributed by atoms with van der Waals surface area (Å²) < 4.78 is -1.20. The molecule has 0 fully saturated rings. The minimum Gasteiger partial charge on any atom is -0.324 e. The summed E-state index contributed by atoms with van der Waals surface area (Å²) in [4.78, 5) is 28.3. The summed E-state index contributed by atoms with van der Waals surface area (Å²) in [5.41, 5.74) is 3.69. The third kappa shape index (κ3) is 2.59. The van der Waals surface area contributed by atoms with Crippen molar-refractivity contribution >= 4 is 35.0 Å². The SMILES string of the molecule is Cc1cccc(NC(=O)C2(C)Sc3ccccc3N(C)C2=O)c1C. The predicted molar refractivity (Wildman–Crippen MR) is 98.7 cm³/mol. The van der Waals surface area contributed by atoms with Crippen LogP contribution in [0.3, 0.4) is 0 Å². The Morgan fingerprint density at radius 3 is 2.58 bits per heavy atom. The van der Waals surface area contributed by atoms with Crippen molar-refractivity contribution < 1.29 is 9.59 Å². The zero-order chi connectivity index (χ0) is 17.5. The minimum absolute atomic E-state index is 0.214. The fraction of sp³-hybridized carbons (Fsp3) is 0.263. The summed E-state index contributed by atoms with van der Waals surface area (Å²) in [5, 5.41) is 2.94. The van der Waals surface area contributed by atoms with Crippen molar-refractivity contribution in [3.63, 3.8) is 0 Å². The number of carbonyl (C=O) groups is 2. The van der Waals surface area contributed by atoms with Crippen LogP contribution in [0, 0.1) is 13.8 Å². The number of para-hydroxylation sites is 1. The smallest absolute Gasteiger partial charge is 0.252 e. The van der Waals surface area contributed by atoms with Crippen molar-refractivity contribution in [3.8, 4) is 0 Å². The van der Waals surface area contributed by atoms with Crippen LogP contribution >= 0.6 is 11.8 Å². The van der Waals surface area contributed by atoms with Gasteiger partial charge in [-0.15, -0.1) is 0 Å². The summed E-state index contributed by atoms with van der Waals surface area (Å²) in [5.74, 6) is -0.512. The number of carbonyl (C=O) groups excluding carboxylic acids is 2. The minimum atomic E-state index is -1.20. The quantitative estimate of drug-likeness (QED) is 0.847. The number of hydrogen-bond acceptors (Lipinski definition) is 3. The molecular formula is C19H20N2O2S. The summed E-state index contributed by atoms with van der Waals surface area (Å²) in [6.07, 6.45) is 0. The lowest BCUT2D eigenvalue weighted by atomic mass is 10.0. The second-order valence-electron chi connectivity index (χ2n) is 6.17. The number of hydrogen-bond donors (Lipinski definition) is 1. The monoisotopic (exact) mass is 340 g/mol. The molecule has 1 heterocycles. The van der Waals surface area contributed by atoms with Gasteiger partial charge in [0.15, 0.2) is 4.75 Å². The number of thioether (sulfide) groups is 1. The maximum Gasteiger partial charge on any atom is 0.252 e. The first-order valence-electron chi connectivity index (χ1n) is 7.78. The van der Waals surface area contributed by atoms with Gasteiger partial charge in [0.2, 0.25) is 5.91 Å². The highest BCUT2D eigenvalue weighted by Crippen LogP contribution is 2.45. The van der Waals surface area contributed by atoms with Crippen molar-refractivity contribution in [2.24, 2.45) is 0 Å². The van der Waals surface area contributed by atoms with Crippen LogP contribution in [-0.2, 0) is 9.59 Å². The van der Waals surface area contributed by atoms with Gasteiger partial charge in [0.05, 0.1) is 5.69 Å². The average Bonchev–Trinajstić information content (AvgIpc) is 2.57. The highest BCUT2D eigenvalue weighted by Gasteiger charge is 2.48. The molecule has 0 saturated heterocycles. The molecule has 0 aliphatic carbocycles. The van der Waals surface area contributed by atoms with E-state index in [0.717, 1.165) is 27.4 Å². The second kappa shape index (κ2) is 5.98. The fourth-order valence-electron chi connectivity index (χ4n) is 2.79. The van der Waals surface area contributed by atoms with E-state index in [9.17, 15) is 9.59 Å². The predicted octanol–water partition coefficient (Wildman–Crippen LogP) is 3.77. The van der Waals surface area contributed by atoms with Crippen molar-refractivity contribution in [1.82, 2.24) is 0 Å². The van der Waals surface area contributed by atoms with Crippen LogP contribution in [0.25, 0.3) is 0 Å². The molecule has 0 saturated carbocycles. The molecule has 1 N–H and O–H groups in total. The first kappa shape index (κ1) is 16.6. The normalized spacial score (nSPS) is 19.8. The molecule has 1 aliphatic rings. The fourth-order valence-corrected chi connectivity index (χ4v) is 4.05. The van der Waals surface area contributed by atoms with E-state index in [4.69, 9.17) is 0 Å². The number of aryl methyl sites for hydroxylation is 1. The lowest BCUT2D eigenvalue weighted by Gasteiger charge is -2.37. The van der Waals surface area contributed by atoms with Crippen molar-refractivity contribution in [2.75, 3.05) is 17.3 Å². The third-order valence-corrected chi connectivity index (χ3v) is 5.87. The van der Waals surface area contributed by atoms with Gasteiger partial charge in [0.1, 0.15) is 0 Å². The number of benzene rings is 2. The molecule has 1 unspecified atom stereocenters. The molecule has 2 aromatic rings.